The van der Waals surface area contributed by atoms with Crippen LogP contribution in [0.1, 0.15) is 90.4 Å². The third-order valence-electron chi connectivity index (χ3n) is 8.77. The summed E-state index contributed by atoms with van der Waals surface area (Å²) >= 11 is 0. The van der Waals surface area contributed by atoms with Crippen LogP contribution in [0.5, 0.6) is 0 Å². The first kappa shape index (κ1) is 21.5. The summed E-state index contributed by atoms with van der Waals surface area (Å²) in [6, 6.07) is 0. The molecule has 3 rings (SSSR count). The Bertz CT molecular complexity index is 419. The standard InChI is InChI=1S/C23H42O4/c1-22(18-2-6-20(26)7-3-18,19-4-8-21(27)9-5-19)15-23(16-25)12-10-17(14-24)11-13-23/h17-21,24-27H,2-16H2,1H3. The molecule has 0 unspecified atom stereocenters. The first-order valence-corrected chi connectivity index (χ1v) is 11.5. The average molecular weight is 383 g/mol. The minimum absolute atomic E-state index is 0.00739. The number of hydrogen-bond acceptors (Lipinski definition) is 4. The Labute approximate surface area is 165 Å². The van der Waals surface area contributed by atoms with E-state index in [9.17, 15) is 20.4 Å². The van der Waals surface area contributed by atoms with Crippen molar-refractivity contribution in [1.82, 2.24) is 0 Å². The maximum absolute atomic E-state index is 10.4. The zero-order chi connectivity index (χ0) is 19.5. The van der Waals surface area contributed by atoms with E-state index in [0.717, 1.165) is 83.5 Å². The zero-order valence-electron chi connectivity index (χ0n) is 17.3. The Morgan fingerprint density at radius 2 is 1.19 bits per heavy atom. The van der Waals surface area contributed by atoms with Crippen molar-refractivity contribution >= 4 is 0 Å². The second kappa shape index (κ2) is 9.11. The van der Waals surface area contributed by atoms with Gasteiger partial charge in [0.25, 0.3) is 0 Å². The minimum Gasteiger partial charge on any atom is -0.396 e. The van der Waals surface area contributed by atoms with Crippen LogP contribution in [0.3, 0.4) is 0 Å². The number of aliphatic hydroxyl groups excluding tert-OH is 4. The normalized spacial score (nSPS) is 43.2. The van der Waals surface area contributed by atoms with Crippen molar-refractivity contribution in [3.05, 3.63) is 0 Å². The van der Waals surface area contributed by atoms with Gasteiger partial charge in [-0.3, -0.25) is 0 Å². The summed E-state index contributed by atoms with van der Waals surface area (Å²) in [5.74, 6) is 1.63. The molecular formula is C23H42O4. The van der Waals surface area contributed by atoms with Crippen LogP contribution in [0.2, 0.25) is 0 Å². The average Bonchev–Trinajstić information content (AvgIpc) is 2.69. The van der Waals surface area contributed by atoms with Gasteiger partial charge >= 0.3 is 0 Å². The second-order valence-corrected chi connectivity index (χ2v) is 10.5. The Balaban J connectivity index is 1.78. The highest BCUT2D eigenvalue weighted by Gasteiger charge is 2.49. The van der Waals surface area contributed by atoms with E-state index in [1.807, 2.05) is 0 Å². The van der Waals surface area contributed by atoms with Crippen molar-refractivity contribution in [2.45, 2.75) is 103 Å². The van der Waals surface area contributed by atoms with E-state index in [-0.39, 0.29) is 36.3 Å². The van der Waals surface area contributed by atoms with Gasteiger partial charge in [-0.05, 0) is 112 Å². The molecule has 0 radical (unpaired) electrons. The summed E-state index contributed by atoms with van der Waals surface area (Å²) in [4.78, 5) is 0. The van der Waals surface area contributed by atoms with Crippen LogP contribution in [0.4, 0.5) is 0 Å². The molecule has 0 aromatic rings. The molecule has 3 aliphatic rings. The van der Waals surface area contributed by atoms with Crippen molar-refractivity contribution in [2.24, 2.45) is 28.6 Å². The van der Waals surface area contributed by atoms with E-state index in [2.05, 4.69) is 6.92 Å². The van der Waals surface area contributed by atoms with E-state index in [1.54, 1.807) is 0 Å². The number of rotatable bonds is 6. The van der Waals surface area contributed by atoms with Crippen molar-refractivity contribution in [1.29, 1.82) is 0 Å². The zero-order valence-corrected chi connectivity index (χ0v) is 17.3. The fraction of sp³-hybridized carbons (Fsp3) is 1.00. The van der Waals surface area contributed by atoms with Gasteiger partial charge in [0.15, 0.2) is 0 Å². The molecule has 3 saturated carbocycles. The van der Waals surface area contributed by atoms with Gasteiger partial charge in [-0.2, -0.15) is 0 Å². The molecule has 158 valence electrons. The van der Waals surface area contributed by atoms with Crippen molar-refractivity contribution in [3.63, 3.8) is 0 Å². The lowest BCUT2D eigenvalue weighted by Gasteiger charge is -2.53. The highest BCUT2D eigenvalue weighted by molar-refractivity contribution is 4.99. The summed E-state index contributed by atoms with van der Waals surface area (Å²) in [5.41, 5.74) is 0.168. The Morgan fingerprint density at radius 3 is 1.56 bits per heavy atom. The van der Waals surface area contributed by atoms with Crippen LogP contribution in [-0.2, 0) is 0 Å². The van der Waals surface area contributed by atoms with Gasteiger partial charge in [0.1, 0.15) is 0 Å². The monoisotopic (exact) mass is 382 g/mol. The Hall–Kier alpha value is -0.160. The second-order valence-electron chi connectivity index (χ2n) is 10.5. The van der Waals surface area contributed by atoms with E-state index in [1.165, 1.54) is 0 Å². The summed E-state index contributed by atoms with van der Waals surface area (Å²) in [5, 5.41) is 39.9. The fourth-order valence-electron chi connectivity index (χ4n) is 6.76. The largest absolute Gasteiger partial charge is 0.396 e. The van der Waals surface area contributed by atoms with Gasteiger partial charge in [-0.15, -0.1) is 0 Å². The maximum Gasteiger partial charge on any atom is 0.0540 e. The first-order valence-electron chi connectivity index (χ1n) is 11.5. The highest BCUT2D eigenvalue weighted by atomic mass is 16.3. The molecule has 0 aliphatic heterocycles. The van der Waals surface area contributed by atoms with Crippen molar-refractivity contribution in [3.8, 4) is 0 Å². The molecule has 27 heavy (non-hydrogen) atoms. The topological polar surface area (TPSA) is 80.9 Å². The summed E-state index contributed by atoms with van der Waals surface area (Å²) in [7, 11) is 0. The summed E-state index contributed by atoms with van der Waals surface area (Å²) < 4.78 is 0. The van der Waals surface area contributed by atoms with Gasteiger partial charge in [0, 0.05) is 13.2 Å². The summed E-state index contributed by atoms with van der Waals surface area (Å²) in [6.45, 7) is 3.00. The van der Waals surface area contributed by atoms with Gasteiger partial charge in [0.05, 0.1) is 12.2 Å². The van der Waals surface area contributed by atoms with E-state index in [4.69, 9.17) is 0 Å². The Kier molecular flexibility index (Phi) is 7.27. The van der Waals surface area contributed by atoms with Crippen molar-refractivity contribution in [2.75, 3.05) is 13.2 Å². The highest BCUT2D eigenvalue weighted by Crippen LogP contribution is 2.57. The lowest BCUT2D eigenvalue weighted by molar-refractivity contribution is -0.0671. The van der Waals surface area contributed by atoms with E-state index in [0.29, 0.717) is 17.8 Å². The van der Waals surface area contributed by atoms with Gasteiger partial charge in [-0.25, -0.2) is 0 Å². The Morgan fingerprint density at radius 1 is 0.741 bits per heavy atom. The molecule has 0 atom stereocenters. The molecule has 4 heteroatoms. The maximum atomic E-state index is 10.4. The lowest BCUT2D eigenvalue weighted by atomic mass is 9.52. The van der Waals surface area contributed by atoms with Crippen LogP contribution >= 0.6 is 0 Å². The van der Waals surface area contributed by atoms with Crippen molar-refractivity contribution < 1.29 is 20.4 Å². The molecule has 0 aromatic heterocycles. The number of hydrogen-bond donors (Lipinski definition) is 4. The molecule has 3 aliphatic carbocycles. The smallest absolute Gasteiger partial charge is 0.0540 e. The van der Waals surface area contributed by atoms with Gasteiger partial charge in [-0.1, -0.05) is 6.92 Å². The third kappa shape index (κ3) is 4.88. The van der Waals surface area contributed by atoms with E-state index >= 15 is 0 Å². The first-order chi connectivity index (χ1) is 12.9. The minimum atomic E-state index is -0.134. The SMILES string of the molecule is CC(CC1(CO)CCC(CO)CC1)(C1CCC(O)CC1)C1CCC(O)CC1. The van der Waals surface area contributed by atoms with E-state index < -0.39 is 0 Å². The molecule has 4 N–H and O–H groups in total. The lowest BCUT2D eigenvalue weighted by Crippen LogP contribution is -2.46. The molecule has 0 heterocycles. The van der Waals surface area contributed by atoms with Crippen LogP contribution in [0.25, 0.3) is 0 Å². The van der Waals surface area contributed by atoms with Crippen LogP contribution < -0.4 is 0 Å². The number of aliphatic hydroxyl groups is 4. The molecule has 0 saturated heterocycles. The van der Waals surface area contributed by atoms with Crippen LogP contribution in [0.15, 0.2) is 0 Å². The van der Waals surface area contributed by atoms with Gasteiger partial charge in [0.2, 0.25) is 0 Å². The quantitative estimate of drug-likeness (QED) is 0.565. The molecule has 0 amide bonds. The van der Waals surface area contributed by atoms with Crippen LogP contribution in [0, 0.1) is 28.6 Å². The molecule has 0 bridgehead atoms. The van der Waals surface area contributed by atoms with Gasteiger partial charge < -0.3 is 20.4 Å². The molecule has 0 aromatic carbocycles. The predicted octanol–water partition coefficient (Wildman–Crippen LogP) is 3.65. The molecule has 4 nitrogen and oxygen atoms in total. The third-order valence-corrected chi connectivity index (χ3v) is 8.77. The molecular weight excluding hydrogens is 340 g/mol. The molecule has 3 fully saturated rings. The molecule has 0 spiro atoms. The summed E-state index contributed by atoms with van der Waals surface area (Å²) in [6.07, 6.45) is 12.9. The van der Waals surface area contributed by atoms with Crippen LogP contribution in [-0.4, -0.2) is 45.8 Å². The predicted molar refractivity (Wildman–Crippen MR) is 107 cm³/mol. The fourth-order valence-corrected chi connectivity index (χ4v) is 6.76.